The molecule has 1 atom stereocenters. The normalized spacial score (nSPS) is 12.8. The van der Waals surface area contributed by atoms with E-state index in [-0.39, 0.29) is 6.10 Å². The van der Waals surface area contributed by atoms with E-state index in [0.29, 0.717) is 6.54 Å². The average Bonchev–Trinajstić information content (AvgIpc) is 2.17. The number of hydrogen-bond acceptors (Lipinski definition) is 2. The highest BCUT2D eigenvalue weighted by Crippen LogP contribution is 2.11. The molecule has 0 aliphatic rings. The summed E-state index contributed by atoms with van der Waals surface area (Å²) in [5.41, 5.74) is 1.22. The van der Waals surface area contributed by atoms with Gasteiger partial charge in [0.15, 0.2) is 0 Å². The average molecular weight is 258 g/mol. The van der Waals surface area contributed by atoms with Crippen molar-refractivity contribution in [2.75, 3.05) is 6.54 Å². The van der Waals surface area contributed by atoms with E-state index in [1.54, 1.807) is 0 Å². The predicted molar refractivity (Wildman–Crippen MR) is 62.1 cm³/mol. The number of benzene rings is 1. The van der Waals surface area contributed by atoms with Gasteiger partial charge in [0.25, 0.3) is 0 Å². The molecule has 0 bridgehead atoms. The maximum absolute atomic E-state index is 9.32. The Morgan fingerprint density at radius 2 is 2.29 bits per heavy atom. The molecule has 0 fully saturated rings. The van der Waals surface area contributed by atoms with Crippen LogP contribution in [0.15, 0.2) is 28.7 Å². The Bertz CT molecular complexity index is 278. The first-order valence-corrected chi connectivity index (χ1v) is 5.65. The summed E-state index contributed by atoms with van der Waals surface area (Å²) < 4.78 is 1.09. The molecule has 0 saturated heterocycles. The zero-order valence-electron chi connectivity index (χ0n) is 8.33. The lowest BCUT2D eigenvalue weighted by atomic mass is 10.2. The Morgan fingerprint density at radius 1 is 1.50 bits per heavy atom. The zero-order chi connectivity index (χ0) is 10.4. The van der Waals surface area contributed by atoms with Crippen molar-refractivity contribution in [1.29, 1.82) is 0 Å². The molecule has 0 aromatic heterocycles. The van der Waals surface area contributed by atoms with Crippen molar-refractivity contribution in [3.05, 3.63) is 34.3 Å². The maximum atomic E-state index is 9.32. The Labute approximate surface area is 93.5 Å². The van der Waals surface area contributed by atoms with Crippen molar-refractivity contribution in [3.8, 4) is 0 Å². The minimum absolute atomic E-state index is 0.234. The van der Waals surface area contributed by atoms with E-state index in [0.717, 1.165) is 17.4 Å². The highest BCUT2D eigenvalue weighted by atomic mass is 79.9. The second kappa shape index (κ2) is 6.17. The SMILES string of the molecule is CCC(O)CNCc1cccc(Br)c1. The zero-order valence-corrected chi connectivity index (χ0v) is 9.92. The lowest BCUT2D eigenvalue weighted by Crippen LogP contribution is -2.25. The van der Waals surface area contributed by atoms with Gasteiger partial charge in [-0.2, -0.15) is 0 Å². The number of aliphatic hydroxyl groups is 1. The van der Waals surface area contributed by atoms with Crippen LogP contribution in [0.5, 0.6) is 0 Å². The minimum Gasteiger partial charge on any atom is -0.392 e. The molecule has 2 N–H and O–H groups in total. The fraction of sp³-hybridized carbons (Fsp3) is 0.455. The quantitative estimate of drug-likeness (QED) is 0.849. The molecular formula is C11H16BrNO. The van der Waals surface area contributed by atoms with Gasteiger partial charge in [0.2, 0.25) is 0 Å². The number of halogens is 1. The third-order valence-corrected chi connectivity index (χ3v) is 2.56. The number of aliphatic hydroxyl groups excluding tert-OH is 1. The Morgan fingerprint density at radius 3 is 2.93 bits per heavy atom. The van der Waals surface area contributed by atoms with Crippen LogP contribution in [0, 0.1) is 0 Å². The van der Waals surface area contributed by atoms with Crippen LogP contribution in [0.3, 0.4) is 0 Å². The summed E-state index contributed by atoms with van der Waals surface area (Å²) in [5.74, 6) is 0. The summed E-state index contributed by atoms with van der Waals surface area (Å²) in [6.07, 6.45) is 0.563. The van der Waals surface area contributed by atoms with Crippen molar-refractivity contribution >= 4 is 15.9 Å². The van der Waals surface area contributed by atoms with E-state index >= 15 is 0 Å². The van der Waals surface area contributed by atoms with Crippen molar-refractivity contribution in [2.24, 2.45) is 0 Å². The van der Waals surface area contributed by atoms with E-state index in [1.807, 2.05) is 19.1 Å². The van der Waals surface area contributed by atoms with Gasteiger partial charge < -0.3 is 10.4 Å². The number of nitrogens with one attached hydrogen (secondary N) is 1. The summed E-state index contributed by atoms with van der Waals surface area (Å²) in [4.78, 5) is 0. The van der Waals surface area contributed by atoms with Crippen LogP contribution in [0.2, 0.25) is 0 Å². The number of hydrogen-bond donors (Lipinski definition) is 2. The van der Waals surface area contributed by atoms with Crippen LogP contribution in [-0.4, -0.2) is 17.8 Å². The van der Waals surface area contributed by atoms with Gasteiger partial charge in [-0.1, -0.05) is 35.0 Å². The summed E-state index contributed by atoms with van der Waals surface area (Å²) >= 11 is 3.42. The Kier molecular flexibility index (Phi) is 5.15. The van der Waals surface area contributed by atoms with Crippen molar-refractivity contribution in [1.82, 2.24) is 5.32 Å². The predicted octanol–water partition coefficient (Wildman–Crippen LogP) is 2.31. The molecule has 0 aliphatic heterocycles. The van der Waals surface area contributed by atoms with Crippen molar-refractivity contribution in [3.63, 3.8) is 0 Å². The molecule has 78 valence electrons. The van der Waals surface area contributed by atoms with E-state index in [9.17, 15) is 5.11 Å². The van der Waals surface area contributed by atoms with Gasteiger partial charge in [0, 0.05) is 17.6 Å². The van der Waals surface area contributed by atoms with Crippen LogP contribution in [0.1, 0.15) is 18.9 Å². The molecule has 0 aliphatic carbocycles. The summed E-state index contributed by atoms with van der Waals surface area (Å²) in [6, 6.07) is 8.16. The van der Waals surface area contributed by atoms with Crippen LogP contribution in [0.4, 0.5) is 0 Å². The Hall–Kier alpha value is -0.380. The highest BCUT2D eigenvalue weighted by molar-refractivity contribution is 9.10. The molecule has 1 aromatic rings. The van der Waals surface area contributed by atoms with Gasteiger partial charge in [-0.05, 0) is 24.1 Å². The molecule has 1 unspecified atom stereocenters. The smallest absolute Gasteiger partial charge is 0.0662 e. The van der Waals surface area contributed by atoms with Gasteiger partial charge in [0.05, 0.1) is 6.10 Å². The summed E-state index contributed by atoms with van der Waals surface area (Å²) in [6.45, 7) is 3.44. The third kappa shape index (κ3) is 4.22. The summed E-state index contributed by atoms with van der Waals surface area (Å²) in [5, 5.41) is 12.5. The lowest BCUT2D eigenvalue weighted by Gasteiger charge is -2.09. The second-order valence-electron chi connectivity index (χ2n) is 3.32. The topological polar surface area (TPSA) is 32.3 Å². The van der Waals surface area contributed by atoms with Gasteiger partial charge in [-0.25, -0.2) is 0 Å². The molecule has 0 heterocycles. The Balaban J connectivity index is 2.31. The summed E-state index contributed by atoms with van der Waals surface area (Å²) in [7, 11) is 0. The monoisotopic (exact) mass is 257 g/mol. The second-order valence-corrected chi connectivity index (χ2v) is 4.24. The number of rotatable bonds is 5. The lowest BCUT2D eigenvalue weighted by molar-refractivity contribution is 0.167. The van der Waals surface area contributed by atoms with Crippen LogP contribution in [0.25, 0.3) is 0 Å². The van der Waals surface area contributed by atoms with Crippen LogP contribution in [-0.2, 0) is 6.54 Å². The first kappa shape index (κ1) is 11.7. The fourth-order valence-electron chi connectivity index (χ4n) is 1.17. The minimum atomic E-state index is -0.234. The molecule has 2 nitrogen and oxygen atoms in total. The molecule has 0 saturated carbocycles. The standard InChI is InChI=1S/C11H16BrNO/c1-2-11(14)8-13-7-9-4-3-5-10(12)6-9/h3-6,11,13-14H,2,7-8H2,1H3. The first-order chi connectivity index (χ1) is 6.72. The molecule has 14 heavy (non-hydrogen) atoms. The van der Waals surface area contributed by atoms with E-state index in [2.05, 4.69) is 33.4 Å². The molecule has 3 heteroatoms. The third-order valence-electron chi connectivity index (χ3n) is 2.07. The van der Waals surface area contributed by atoms with E-state index in [1.165, 1.54) is 5.56 Å². The highest BCUT2D eigenvalue weighted by Gasteiger charge is 1.99. The van der Waals surface area contributed by atoms with Gasteiger partial charge in [-0.15, -0.1) is 0 Å². The van der Waals surface area contributed by atoms with Gasteiger partial charge >= 0.3 is 0 Å². The molecule has 0 radical (unpaired) electrons. The molecule has 1 aromatic carbocycles. The van der Waals surface area contributed by atoms with E-state index in [4.69, 9.17) is 0 Å². The fourth-order valence-corrected chi connectivity index (χ4v) is 1.62. The largest absolute Gasteiger partial charge is 0.392 e. The van der Waals surface area contributed by atoms with Gasteiger partial charge in [-0.3, -0.25) is 0 Å². The van der Waals surface area contributed by atoms with Crippen molar-refractivity contribution < 1.29 is 5.11 Å². The first-order valence-electron chi connectivity index (χ1n) is 4.85. The molecule has 1 rings (SSSR count). The van der Waals surface area contributed by atoms with Gasteiger partial charge in [0.1, 0.15) is 0 Å². The molecule has 0 amide bonds. The van der Waals surface area contributed by atoms with Crippen molar-refractivity contribution in [2.45, 2.75) is 26.0 Å². The van der Waals surface area contributed by atoms with E-state index < -0.39 is 0 Å². The van der Waals surface area contributed by atoms with Crippen LogP contribution < -0.4 is 5.32 Å². The van der Waals surface area contributed by atoms with Crippen LogP contribution >= 0.6 is 15.9 Å². The molecule has 0 spiro atoms. The maximum Gasteiger partial charge on any atom is 0.0662 e. The molecular weight excluding hydrogens is 242 g/mol.